The summed E-state index contributed by atoms with van der Waals surface area (Å²) in [4.78, 5) is 37.5. The van der Waals surface area contributed by atoms with Crippen LogP contribution in [0.25, 0.3) is 0 Å². The number of nitrogens with zero attached hydrogens (tertiary/aromatic N) is 1. The summed E-state index contributed by atoms with van der Waals surface area (Å²) >= 11 is 0. The SMILES string of the molecule is CC/C=C\C/C=C\C/C=C\C/C=C\C/C=C\CCCCCCCC(=O)OC(COC(=O)CCCCCCCCCCCCCCCCCCC/C=C\CCCCCCCCCC)COC(OCC[N+](C)(C)C)C(=O)O. The number of carbonyl (C=O) groups excluding carboxylic acids is 2. The smallest absolute Gasteiger partial charge is 0.361 e. The molecule has 9 nitrogen and oxygen atoms in total. The number of carbonyl (C=O) groups is 3. The fourth-order valence-electron chi connectivity index (χ4n) is 8.68. The number of rotatable bonds is 57. The van der Waals surface area contributed by atoms with E-state index in [1.54, 1.807) is 0 Å². The summed E-state index contributed by atoms with van der Waals surface area (Å²) in [6.07, 6.45) is 71.4. The van der Waals surface area contributed by atoms with Crippen LogP contribution in [0.15, 0.2) is 72.9 Å². The third-order valence-electron chi connectivity index (χ3n) is 13.4. The lowest BCUT2D eigenvalue weighted by molar-refractivity contribution is -0.870. The van der Waals surface area contributed by atoms with Gasteiger partial charge >= 0.3 is 17.9 Å². The molecule has 0 amide bonds. The van der Waals surface area contributed by atoms with Crippen LogP contribution in [-0.2, 0) is 33.3 Å². The standard InChI is InChI=1S/C66H117NO8/c1-6-8-10-12-14-16-18-20-22-24-26-28-29-30-31-32-33-34-35-37-38-40-42-44-46-48-50-52-54-56-63(68)73-60-62(61-74-66(65(70)71)72-59-58-67(3,4)5)75-64(69)57-55-53-51-49-47-45-43-41-39-36-27-25-23-21-19-17-15-13-11-9-7-2/h9,11,15,17,21,23-24,26-27,36,41,43,62,66H,6-8,10,12-14,16,18-20,22,25,28-35,37-40,42,44-61H2,1-5H3/p+1/b11-9-,17-15-,23-21-,26-24-,36-27-,43-41-. The second-order valence-corrected chi connectivity index (χ2v) is 22.0. The molecule has 0 aliphatic heterocycles. The minimum absolute atomic E-state index is 0.181. The fraction of sp³-hybridized carbons (Fsp3) is 0.773. The Bertz CT molecular complexity index is 1460. The van der Waals surface area contributed by atoms with Gasteiger partial charge in [-0.25, -0.2) is 4.79 Å². The number of hydrogen-bond acceptors (Lipinski definition) is 7. The van der Waals surface area contributed by atoms with E-state index in [2.05, 4.69) is 86.8 Å². The molecule has 0 heterocycles. The van der Waals surface area contributed by atoms with Crippen molar-refractivity contribution >= 4 is 17.9 Å². The zero-order chi connectivity index (χ0) is 54.8. The molecule has 0 aliphatic carbocycles. The maximum absolute atomic E-state index is 12.9. The topological polar surface area (TPSA) is 108 Å². The Morgan fingerprint density at radius 3 is 1.15 bits per heavy atom. The molecule has 0 aromatic rings. The molecule has 0 spiro atoms. The molecule has 0 aromatic heterocycles. The first-order valence-corrected chi connectivity index (χ1v) is 31.1. The van der Waals surface area contributed by atoms with Crippen molar-refractivity contribution in [2.75, 3.05) is 47.5 Å². The monoisotopic (exact) mass is 1050 g/mol. The quantitative estimate of drug-likeness (QED) is 0.0211. The largest absolute Gasteiger partial charge is 0.477 e. The summed E-state index contributed by atoms with van der Waals surface area (Å²) in [5.74, 6) is -2.03. The number of carboxylic acid groups (broad SMARTS) is 1. The van der Waals surface area contributed by atoms with Crippen molar-refractivity contribution < 1.29 is 42.9 Å². The molecule has 0 saturated heterocycles. The van der Waals surface area contributed by atoms with E-state index in [9.17, 15) is 19.5 Å². The first-order chi connectivity index (χ1) is 36.6. The van der Waals surface area contributed by atoms with Crippen molar-refractivity contribution in [3.8, 4) is 0 Å². The van der Waals surface area contributed by atoms with E-state index in [0.29, 0.717) is 23.9 Å². The van der Waals surface area contributed by atoms with E-state index in [-0.39, 0.29) is 32.2 Å². The van der Waals surface area contributed by atoms with Crippen molar-refractivity contribution in [3.63, 3.8) is 0 Å². The van der Waals surface area contributed by atoms with Crippen LogP contribution < -0.4 is 0 Å². The number of carboxylic acids is 1. The van der Waals surface area contributed by atoms with Crippen molar-refractivity contribution in [1.82, 2.24) is 0 Å². The molecule has 1 N–H and O–H groups in total. The second-order valence-electron chi connectivity index (χ2n) is 22.0. The first-order valence-electron chi connectivity index (χ1n) is 31.1. The number of likely N-dealkylation sites (N-methyl/N-ethyl adjacent to an activating group) is 1. The number of ether oxygens (including phenoxy) is 4. The van der Waals surface area contributed by atoms with Gasteiger partial charge in [0.15, 0.2) is 6.10 Å². The second kappa shape index (κ2) is 56.9. The molecule has 0 rings (SSSR count). The summed E-state index contributed by atoms with van der Waals surface area (Å²) in [7, 11) is 5.96. The molecule has 2 atom stereocenters. The molecule has 0 bridgehead atoms. The highest BCUT2D eigenvalue weighted by Crippen LogP contribution is 2.17. The van der Waals surface area contributed by atoms with E-state index in [1.165, 1.54) is 154 Å². The fourth-order valence-corrected chi connectivity index (χ4v) is 8.68. The van der Waals surface area contributed by atoms with E-state index >= 15 is 0 Å². The van der Waals surface area contributed by atoms with Gasteiger partial charge in [-0.2, -0.15) is 0 Å². The summed E-state index contributed by atoms with van der Waals surface area (Å²) in [6, 6.07) is 0. The summed E-state index contributed by atoms with van der Waals surface area (Å²) in [5, 5.41) is 9.71. The summed E-state index contributed by atoms with van der Waals surface area (Å²) in [6.45, 7) is 4.76. The van der Waals surface area contributed by atoms with Crippen LogP contribution in [0, 0.1) is 0 Å². The highest BCUT2D eigenvalue weighted by molar-refractivity contribution is 5.71. The Kier molecular flexibility index (Phi) is 54.4. The molecule has 0 saturated carbocycles. The predicted molar refractivity (Wildman–Crippen MR) is 318 cm³/mol. The number of esters is 2. The molecule has 0 fully saturated rings. The molecule has 0 aromatic carbocycles. The number of allylic oxidation sites excluding steroid dienone is 12. The summed E-state index contributed by atoms with van der Waals surface area (Å²) in [5.41, 5.74) is 0. The predicted octanol–water partition coefficient (Wildman–Crippen LogP) is 18.6. The van der Waals surface area contributed by atoms with Crippen LogP contribution in [0.4, 0.5) is 0 Å². The van der Waals surface area contributed by atoms with Crippen molar-refractivity contribution in [2.45, 2.75) is 283 Å². The maximum Gasteiger partial charge on any atom is 0.361 e. The Morgan fingerprint density at radius 1 is 0.413 bits per heavy atom. The number of quaternary nitrogens is 1. The highest BCUT2D eigenvalue weighted by atomic mass is 16.7. The zero-order valence-electron chi connectivity index (χ0n) is 49.4. The van der Waals surface area contributed by atoms with Crippen molar-refractivity contribution in [2.24, 2.45) is 0 Å². The molecule has 434 valence electrons. The third kappa shape index (κ3) is 58.3. The van der Waals surface area contributed by atoms with Gasteiger partial charge in [-0.1, -0.05) is 247 Å². The van der Waals surface area contributed by atoms with Crippen molar-refractivity contribution in [3.05, 3.63) is 72.9 Å². The minimum Gasteiger partial charge on any atom is -0.477 e. The number of aliphatic carboxylic acids is 1. The van der Waals surface area contributed by atoms with Gasteiger partial charge in [0.05, 0.1) is 34.4 Å². The van der Waals surface area contributed by atoms with Gasteiger partial charge in [0, 0.05) is 12.8 Å². The lowest BCUT2D eigenvalue weighted by atomic mass is 10.0. The number of unbranched alkanes of at least 4 members (excludes halogenated alkanes) is 30. The zero-order valence-corrected chi connectivity index (χ0v) is 49.4. The van der Waals surface area contributed by atoms with Crippen LogP contribution in [0.5, 0.6) is 0 Å². The van der Waals surface area contributed by atoms with Crippen molar-refractivity contribution in [1.29, 1.82) is 0 Å². The van der Waals surface area contributed by atoms with E-state index in [0.717, 1.165) is 83.5 Å². The van der Waals surface area contributed by atoms with Gasteiger partial charge in [0.2, 0.25) is 0 Å². The molecular weight excluding hydrogens is 935 g/mol. The maximum atomic E-state index is 12.9. The van der Waals surface area contributed by atoms with Gasteiger partial charge in [-0.3, -0.25) is 9.59 Å². The van der Waals surface area contributed by atoms with E-state index in [4.69, 9.17) is 18.9 Å². The summed E-state index contributed by atoms with van der Waals surface area (Å²) < 4.78 is 22.9. The lowest BCUT2D eigenvalue weighted by Crippen LogP contribution is -2.40. The molecule has 0 aliphatic rings. The van der Waals surface area contributed by atoms with E-state index in [1.807, 2.05) is 21.1 Å². The van der Waals surface area contributed by atoms with Crippen LogP contribution in [-0.4, -0.2) is 87.4 Å². The van der Waals surface area contributed by atoms with E-state index < -0.39 is 24.3 Å². The van der Waals surface area contributed by atoms with Gasteiger partial charge in [-0.05, 0) is 83.5 Å². The highest BCUT2D eigenvalue weighted by Gasteiger charge is 2.25. The first kappa shape index (κ1) is 71.7. The van der Waals surface area contributed by atoms with Crippen LogP contribution in [0.3, 0.4) is 0 Å². The Balaban J connectivity index is 4.18. The Morgan fingerprint density at radius 2 is 0.760 bits per heavy atom. The van der Waals surface area contributed by atoms with Gasteiger partial charge in [0.25, 0.3) is 6.29 Å². The Hall–Kier alpha value is -3.27. The van der Waals surface area contributed by atoms with Crippen LogP contribution in [0.2, 0.25) is 0 Å². The normalized spacial score (nSPS) is 13.2. The molecular formula is C66H118NO8+. The molecule has 2 unspecified atom stereocenters. The average Bonchev–Trinajstić information content (AvgIpc) is 3.38. The Labute approximate surface area is 462 Å². The molecule has 9 heteroatoms. The molecule has 75 heavy (non-hydrogen) atoms. The number of hydrogen-bond donors (Lipinski definition) is 1. The van der Waals surface area contributed by atoms with Gasteiger partial charge in [0.1, 0.15) is 13.2 Å². The van der Waals surface area contributed by atoms with Crippen LogP contribution in [0.1, 0.15) is 271 Å². The lowest BCUT2D eigenvalue weighted by Gasteiger charge is -2.25. The van der Waals surface area contributed by atoms with Crippen LogP contribution >= 0.6 is 0 Å². The van der Waals surface area contributed by atoms with Gasteiger partial charge in [-0.15, -0.1) is 0 Å². The average molecular weight is 1050 g/mol. The molecule has 0 radical (unpaired) electrons. The third-order valence-corrected chi connectivity index (χ3v) is 13.4. The van der Waals surface area contributed by atoms with Gasteiger partial charge < -0.3 is 28.5 Å². The minimum atomic E-state index is -1.52.